The van der Waals surface area contributed by atoms with Crippen molar-refractivity contribution in [2.45, 2.75) is 25.6 Å². The van der Waals surface area contributed by atoms with Crippen molar-refractivity contribution >= 4 is 17.8 Å². The molecule has 0 fully saturated rings. The maximum Gasteiger partial charge on any atom is 0.350 e. The fraction of sp³-hybridized carbons (Fsp3) is 0.160. The van der Waals surface area contributed by atoms with E-state index in [4.69, 9.17) is 9.47 Å². The lowest BCUT2D eigenvalue weighted by atomic mass is 10.0. The lowest BCUT2D eigenvalue weighted by Gasteiger charge is -2.28. The van der Waals surface area contributed by atoms with Gasteiger partial charge in [-0.1, -0.05) is 66.7 Å². The normalized spacial score (nSPS) is 13.0. The van der Waals surface area contributed by atoms with Gasteiger partial charge in [-0.25, -0.2) is 4.79 Å². The summed E-state index contributed by atoms with van der Waals surface area (Å²) < 4.78 is 11.8. The first kappa shape index (κ1) is 20.3. The zero-order valence-corrected chi connectivity index (χ0v) is 17.1. The van der Waals surface area contributed by atoms with Crippen LogP contribution >= 0.6 is 0 Å². The lowest BCUT2D eigenvalue weighted by molar-refractivity contribution is -0.163. The van der Waals surface area contributed by atoms with Crippen molar-refractivity contribution in [3.63, 3.8) is 0 Å². The Morgan fingerprint density at radius 2 is 1.39 bits per heavy atom. The molecule has 6 nitrogen and oxygen atoms in total. The summed E-state index contributed by atoms with van der Waals surface area (Å²) in [5.41, 5.74) is 0.573. The second-order valence-electron chi connectivity index (χ2n) is 7.68. The van der Waals surface area contributed by atoms with E-state index in [9.17, 15) is 14.4 Å². The maximum absolute atomic E-state index is 13.2. The average molecular weight is 415 g/mol. The lowest BCUT2D eigenvalue weighted by Crippen LogP contribution is -2.41. The fourth-order valence-electron chi connectivity index (χ4n) is 3.42. The number of ether oxygens (including phenoxy) is 2. The van der Waals surface area contributed by atoms with Gasteiger partial charge in [0, 0.05) is 0 Å². The van der Waals surface area contributed by atoms with Crippen molar-refractivity contribution in [2.75, 3.05) is 0 Å². The molecule has 3 aromatic rings. The number of carbonyl (C=O) groups excluding carboxylic acids is 3. The minimum absolute atomic E-state index is 0.121. The summed E-state index contributed by atoms with van der Waals surface area (Å²) in [4.78, 5) is 37.2. The van der Waals surface area contributed by atoms with Crippen LogP contribution in [-0.2, 0) is 9.53 Å². The van der Waals surface area contributed by atoms with Crippen molar-refractivity contribution in [3.8, 4) is 5.75 Å². The number of nitrogens with one attached hydrogen (secondary N) is 1. The van der Waals surface area contributed by atoms with E-state index in [0.717, 1.165) is 11.1 Å². The molecule has 0 saturated carbocycles. The zero-order valence-electron chi connectivity index (χ0n) is 17.1. The van der Waals surface area contributed by atoms with Crippen LogP contribution in [-0.4, -0.2) is 23.4 Å². The van der Waals surface area contributed by atoms with E-state index in [0.29, 0.717) is 0 Å². The fourth-order valence-corrected chi connectivity index (χ4v) is 3.42. The monoisotopic (exact) mass is 415 g/mol. The molecular formula is C25H21NO5. The molecule has 1 heterocycles. The summed E-state index contributed by atoms with van der Waals surface area (Å²) in [6, 6.07) is 23.5. The Labute approximate surface area is 179 Å². The minimum Gasteiger partial charge on any atom is -0.475 e. The highest BCUT2D eigenvalue weighted by atomic mass is 16.6. The summed E-state index contributed by atoms with van der Waals surface area (Å²) in [7, 11) is 0. The molecule has 1 aliphatic heterocycles. The Morgan fingerprint density at radius 3 is 1.97 bits per heavy atom. The number of imide groups is 1. The van der Waals surface area contributed by atoms with Crippen molar-refractivity contribution in [1.82, 2.24) is 5.32 Å². The molecule has 0 atom stereocenters. The van der Waals surface area contributed by atoms with Gasteiger partial charge in [-0.2, -0.15) is 0 Å². The summed E-state index contributed by atoms with van der Waals surface area (Å²) in [5, 5.41) is 2.24. The van der Waals surface area contributed by atoms with E-state index in [-0.39, 0.29) is 16.9 Å². The molecule has 3 aromatic carbocycles. The molecule has 1 aliphatic rings. The second kappa shape index (κ2) is 8.07. The van der Waals surface area contributed by atoms with Crippen LogP contribution in [0.5, 0.6) is 5.75 Å². The van der Waals surface area contributed by atoms with E-state index in [1.807, 2.05) is 60.7 Å². The van der Waals surface area contributed by atoms with Crippen LogP contribution in [0.25, 0.3) is 0 Å². The molecule has 0 aliphatic carbocycles. The van der Waals surface area contributed by atoms with Gasteiger partial charge in [0.1, 0.15) is 5.75 Å². The molecule has 4 rings (SSSR count). The van der Waals surface area contributed by atoms with Gasteiger partial charge in [0.05, 0.1) is 11.1 Å². The molecular weight excluding hydrogens is 394 g/mol. The largest absolute Gasteiger partial charge is 0.475 e. The quantitative estimate of drug-likeness (QED) is 0.485. The highest BCUT2D eigenvalue weighted by Gasteiger charge is 2.38. The Bertz CT molecular complexity index is 1100. The molecule has 0 saturated heterocycles. The maximum atomic E-state index is 13.2. The van der Waals surface area contributed by atoms with Gasteiger partial charge < -0.3 is 9.47 Å². The number of fused-ring (bicyclic) bond motifs is 1. The van der Waals surface area contributed by atoms with Crippen molar-refractivity contribution in [3.05, 3.63) is 101 Å². The molecule has 2 amide bonds. The van der Waals surface area contributed by atoms with Crippen LogP contribution in [0.3, 0.4) is 0 Å². The molecule has 0 spiro atoms. The van der Waals surface area contributed by atoms with Crippen molar-refractivity contribution in [2.24, 2.45) is 0 Å². The Kier molecular flexibility index (Phi) is 5.29. The zero-order chi connectivity index (χ0) is 22.0. The standard InChI is InChI=1S/C25H21NO5/c1-25(2,31-19-15-9-14-18-20(19)23(28)26-22(18)27)24(29)30-21(16-10-5-3-6-11-16)17-12-7-4-8-13-17/h3-15,21H,1-2H3,(H,26,27,28). The first-order chi connectivity index (χ1) is 14.9. The second-order valence-corrected chi connectivity index (χ2v) is 7.68. The number of hydrogen-bond donors (Lipinski definition) is 1. The predicted octanol–water partition coefficient (Wildman–Crippen LogP) is 4.06. The third kappa shape index (κ3) is 4.05. The van der Waals surface area contributed by atoms with Gasteiger partial charge in [0.2, 0.25) is 0 Å². The summed E-state index contributed by atoms with van der Waals surface area (Å²) in [6.07, 6.45) is -0.621. The van der Waals surface area contributed by atoms with Crippen LogP contribution < -0.4 is 10.1 Å². The Balaban J connectivity index is 1.61. The van der Waals surface area contributed by atoms with Crippen LogP contribution in [0.1, 0.15) is 51.8 Å². The predicted molar refractivity (Wildman–Crippen MR) is 114 cm³/mol. The van der Waals surface area contributed by atoms with E-state index < -0.39 is 29.5 Å². The van der Waals surface area contributed by atoms with Gasteiger partial charge in [0.15, 0.2) is 11.7 Å². The first-order valence-electron chi connectivity index (χ1n) is 9.85. The minimum atomic E-state index is -1.41. The van der Waals surface area contributed by atoms with Crippen LogP contribution in [0.2, 0.25) is 0 Å². The molecule has 0 unspecified atom stereocenters. The molecule has 0 bridgehead atoms. The van der Waals surface area contributed by atoms with Gasteiger partial charge >= 0.3 is 5.97 Å². The molecule has 6 heteroatoms. The Morgan fingerprint density at radius 1 is 0.806 bits per heavy atom. The van der Waals surface area contributed by atoms with Crippen molar-refractivity contribution in [1.29, 1.82) is 0 Å². The third-order valence-electron chi connectivity index (χ3n) is 5.01. The molecule has 156 valence electrons. The summed E-state index contributed by atoms with van der Waals surface area (Å²) in [6.45, 7) is 3.13. The molecule has 0 aromatic heterocycles. The summed E-state index contributed by atoms with van der Waals surface area (Å²) in [5.74, 6) is -1.49. The average Bonchev–Trinajstić information content (AvgIpc) is 3.07. The first-order valence-corrected chi connectivity index (χ1v) is 9.85. The van der Waals surface area contributed by atoms with Crippen LogP contribution in [0.4, 0.5) is 0 Å². The van der Waals surface area contributed by atoms with E-state index in [1.54, 1.807) is 26.0 Å². The number of rotatable bonds is 6. The topological polar surface area (TPSA) is 81.7 Å². The highest BCUT2D eigenvalue weighted by Crippen LogP contribution is 2.32. The van der Waals surface area contributed by atoms with Gasteiger partial charge in [0.25, 0.3) is 11.8 Å². The number of esters is 1. The summed E-state index contributed by atoms with van der Waals surface area (Å²) >= 11 is 0. The van der Waals surface area contributed by atoms with Gasteiger partial charge in [-0.15, -0.1) is 0 Å². The van der Waals surface area contributed by atoms with E-state index in [2.05, 4.69) is 5.32 Å². The number of hydrogen-bond acceptors (Lipinski definition) is 5. The van der Waals surface area contributed by atoms with Crippen LogP contribution in [0, 0.1) is 0 Å². The molecule has 0 radical (unpaired) electrons. The SMILES string of the molecule is CC(C)(Oc1cccc2c1C(=O)NC2=O)C(=O)OC(c1ccccc1)c1ccccc1. The Hall–Kier alpha value is -3.93. The smallest absolute Gasteiger partial charge is 0.350 e. The third-order valence-corrected chi connectivity index (χ3v) is 5.01. The number of carbonyl (C=O) groups is 3. The number of benzene rings is 3. The van der Waals surface area contributed by atoms with Crippen LogP contribution in [0.15, 0.2) is 78.9 Å². The van der Waals surface area contributed by atoms with Gasteiger partial charge in [-0.05, 0) is 37.1 Å². The molecule has 1 N–H and O–H groups in total. The number of amides is 2. The van der Waals surface area contributed by atoms with Gasteiger partial charge in [-0.3, -0.25) is 14.9 Å². The molecule has 31 heavy (non-hydrogen) atoms. The highest BCUT2D eigenvalue weighted by molar-refractivity contribution is 6.22. The van der Waals surface area contributed by atoms with Crippen molar-refractivity contribution < 1.29 is 23.9 Å². The van der Waals surface area contributed by atoms with E-state index >= 15 is 0 Å². The van der Waals surface area contributed by atoms with E-state index in [1.165, 1.54) is 6.07 Å².